The molecule has 0 bridgehead atoms. The third-order valence-corrected chi connectivity index (χ3v) is 6.75. The molecule has 3 atom stereocenters. The van der Waals surface area contributed by atoms with E-state index in [1.165, 1.54) is 17.0 Å². The van der Waals surface area contributed by atoms with Gasteiger partial charge >= 0.3 is 5.37 Å². The molecule has 3 rings (SSSR count). The molecule has 1 amide bonds. The molecule has 31 heavy (non-hydrogen) atoms. The Morgan fingerprint density at radius 3 is 2.45 bits per heavy atom. The van der Waals surface area contributed by atoms with Gasteiger partial charge < -0.3 is 10.2 Å². The Balaban J connectivity index is 2.35. The van der Waals surface area contributed by atoms with Gasteiger partial charge in [-0.15, -0.1) is 0 Å². The topological polar surface area (TPSA) is 32.3 Å². The van der Waals surface area contributed by atoms with Crippen molar-refractivity contribution in [1.82, 2.24) is 10.2 Å². The largest absolute Gasteiger partial charge is 0.323 e. The number of amides is 1. The van der Waals surface area contributed by atoms with Crippen molar-refractivity contribution in [3.05, 3.63) is 69.2 Å². The van der Waals surface area contributed by atoms with Gasteiger partial charge in [0.25, 0.3) is 0 Å². The molecule has 1 aliphatic rings. The Kier molecular flexibility index (Phi) is 6.93. The zero-order valence-electron chi connectivity index (χ0n) is 17.8. The van der Waals surface area contributed by atoms with E-state index in [2.05, 4.69) is 5.32 Å². The highest BCUT2D eigenvalue weighted by molar-refractivity contribution is 6.62. The average molecular weight is 490 g/mol. The fourth-order valence-corrected chi connectivity index (χ4v) is 5.32. The number of likely N-dealkylation sites (N-methyl/N-ethyl adjacent to an activating group) is 1. The molecule has 2 aromatic rings. The van der Waals surface area contributed by atoms with Gasteiger partial charge in [-0.3, -0.25) is 4.79 Å². The number of halogens is 5. The van der Waals surface area contributed by atoms with E-state index in [1.807, 2.05) is 20.8 Å². The summed E-state index contributed by atoms with van der Waals surface area (Å²) in [7, 11) is 1.68. The maximum Gasteiger partial charge on any atom is 0.316 e. The second-order valence-corrected chi connectivity index (χ2v) is 10.3. The van der Waals surface area contributed by atoms with Crippen molar-refractivity contribution in [1.29, 1.82) is 0 Å². The Bertz CT molecular complexity index is 995. The molecule has 2 aromatic carbocycles. The summed E-state index contributed by atoms with van der Waals surface area (Å²) in [5.41, 5.74) is -0.825. The molecule has 3 nitrogen and oxygen atoms in total. The highest BCUT2D eigenvalue weighted by Gasteiger charge is 2.58. The predicted molar refractivity (Wildman–Crippen MR) is 122 cm³/mol. The minimum Gasteiger partial charge on any atom is -0.323 e. The molecule has 0 unspecified atom stereocenters. The summed E-state index contributed by atoms with van der Waals surface area (Å²) >= 11 is 18.1. The number of carbonyl (C=O) groups is 1. The lowest BCUT2D eigenvalue weighted by atomic mass is 9.69. The molecule has 0 saturated carbocycles. The summed E-state index contributed by atoms with van der Waals surface area (Å²) in [6.45, 7) is 6.17. The summed E-state index contributed by atoms with van der Waals surface area (Å²) in [5, 5.41) is 2.79. The Morgan fingerprint density at radius 1 is 1.23 bits per heavy atom. The van der Waals surface area contributed by atoms with Crippen LogP contribution < -0.4 is 5.32 Å². The van der Waals surface area contributed by atoms with E-state index >= 15 is 8.78 Å². The maximum absolute atomic E-state index is 15.4. The molecule has 8 heteroatoms. The number of rotatable bonds is 4. The first-order valence-corrected chi connectivity index (χ1v) is 11.1. The number of nitrogens with one attached hydrogen (secondary N) is 1. The average Bonchev–Trinajstić information content (AvgIpc) is 2.97. The normalized spacial score (nSPS) is 24.0. The smallest absolute Gasteiger partial charge is 0.316 e. The summed E-state index contributed by atoms with van der Waals surface area (Å²) in [4.78, 5) is 14.0. The van der Waals surface area contributed by atoms with Gasteiger partial charge in [0.1, 0.15) is 11.6 Å². The molecule has 168 valence electrons. The third kappa shape index (κ3) is 4.43. The standard InChI is InChI=1S/C23H25Cl3F2N2O/c1-22(2,3)11-19-23(29-4,15-9-8-13(24)10-18(15)27)16(12-30(19)21(26)31)14-6-5-7-17(25)20(14)28/h5-10,16,19,29H,11-12H2,1-4H3/t16-,19+,23+/m1/s1. The van der Waals surface area contributed by atoms with Crippen LogP contribution in [0.3, 0.4) is 0 Å². The molecular weight excluding hydrogens is 465 g/mol. The zero-order valence-corrected chi connectivity index (χ0v) is 20.0. The van der Waals surface area contributed by atoms with Gasteiger partial charge in [-0.25, -0.2) is 8.78 Å². The number of hydrogen-bond donors (Lipinski definition) is 1. The van der Waals surface area contributed by atoms with Crippen LogP contribution in [0.1, 0.15) is 44.2 Å². The SMILES string of the molecule is CN[C@@]1(c2ccc(Cl)cc2F)[C@@H](c2cccc(Cl)c2F)CN(C(=O)Cl)[C@H]1CC(C)(C)C. The molecule has 0 aliphatic carbocycles. The lowest BCUT2D eigenvalue weighted by Crippen LogP contribution is -2.55. The van der Waals surface area contributed by atoms with Crippen LogP contribution in [0.25, 0.3) is 0 Å². The van der Waals surface area contributed by atoms with Crippen LogP contribution in [-0.2, 0) is 5.54 Å². The number of hydrogen-bond acceptors (Lipinski definition) is 2. The summed E-state index contributed by atoms with van der Waals surface area (Å²) in [5.74, 6) is -1.79. The van der Waals surface area contributed by atoms with Crippen LogP contribution in [0.15, 0.2) is 36.4 Å². The molecule has 1 aliphatic heterocycles. The first-order valence-electron chi connectivity index (χ1n) is 9.97. The number of carbonyl (C=O) groups excluding carboxylic acids is 1. The molecule has 0 spiro atoms. The fraction of sp³-hybridized carbons (Fsp3) is 0.435. The lowest BCUT2D eigenvalue weighted by molar-refractivity contribution is 0.149. The second-order valence-electron chi connectivity index (χ2n) is 9.12. The zero-order chi connectivity index (χ0) is 23.1. The van der Waals surface area contributed by atoms with Gasteiger partial charge in [0, 0.05) is 23.0 Å². The highest BCUT2D eigenvalue weighted by Crippen LogP contribution is 2.52. The summed E-state index contributed by atoms with van der Waals surface area (Å²) in [6, 6.07) is 8.55. The van der Waals surface area contributed by atoms with E-state index in [1.54, 1.807) is 31.3 Å². The van der Waals surface area contributed by atoms with Crippen LogP contribution >= 0.6 is 34.8 Å². The van der Waals surface area contributed by atoms with Gasteiger partial charge in [-0.05, 0) is 54.2 Å². The first-order chi connectivity index (χ1) is 14.4. The number of benzene rings is 2. The van der Waals surface area contributed by atoms with Gasteiger partial charge in [-0.2, -0.15) is 0 Å². The monoisotopic (exact) mass is 488 g/mol. The van der Waals surface area contributed by atoms with Gasteiger partial charge in [0.05, 0.1) is 16.6 Å². The molecule has 1 heterocycles. The summed E-state index contributed by atoms with van der Waals surface area (Å²) < 4.78 is 30.6. The van der Waals surface area contributed by atoms with Crippen molar-refractivity contribution < 1.29 is 13.6 Å². The van der Waals surface area contributed by atoms with E-state index < -0.39 is 34.5 Å². The second kappa shape index (κ2) is 8.86. The van der Waals surface area contributed by atoms with E-state index in [0.717, 1.165) is 0 Å². The summed E-state index contributed by atoms with van der Waals surface area (Å²) in [6.07, 6.45) is 0.493. The lowest BCUT2D eigenvalue weighted by Gasteiger charge is -2.43. The Morgan fingerprint density at radius 2 is 1.90 bits per heavy atom. The molecule has 1 saturated heterocycles. The van der Waals surface area contributed by atoms with E-state index in [-0.39, 0.29) is 27.6 Å². The van der Waals surface area contributed by atoms with E-state index in [9.17, 15) is 4.79 Å². The molecule has 1 N–H and O–H groups in total. The van der Waals surface area contributed by atoms with E-state index in [0.29, 0.717) is 12.0 Å². The minimum atomic E-state index is -1.17. The van der Waals surface area contributed by atoms with Gasteiger partial charge in [-0.1, -0.05) is 62.2 Å². The molecule has 0 aromatic heterocycles. The Labute approximate surface area is 196 Å². The maximum atomic E-state index is 15.4. The van der Waals surface area contributed by atoms with Crippen molar-refractivity contribution in [2.75, 3.05) is 13.6 Å². The van der Waals surface area contributed by atoms with Crippen molar-refractivity contribution in [2.45, 2.75) is 44.7 Å². The quantitative estimate of drug-likeness (QED) is 0.372. The molecule has 0 radical (unpaired) electrons. The molecule has 1 fully saturated rings. The first kappa shape index (κ1) is 24.2. The third-order valence-electron chi connectivity index (χ3n) is 6.01. The van der Waals surface area contributed by atoms with Crippen LogP contribution in [0, 0.1) is 17.0 Å². The van der Waals surface area contributed by atoms with Crippen molar-refractivity contribution in [3.63, 3.8) is 0 Å². The fourth-order valence-electron chi connectivity index (χ4n) is 4.79. The van der Waals surface area contributed by atoms with Crippen molar-refractivity contribution in [3.8, 4) is 0 Å². The van der Waals surface area contributed by atoms with Gasteiger partial charge in [0.2, 0.25) is 0 Å². The van der Waals surface area contributed by atoms with Crippen molar-refractivity contribution >= 4 is 40.2 Å². The van der Waals surface area contributed by atoms with Crippen LogP contribution in [0.2, 0.25) is 10.0 Å². The number of likely N-dealkylation sites (tertiary alicyclic amines) is 1. The minimum absolute atomic E-state index is 0.0397. The predicted octanol–water partition coefficient (Wildman–Crippen LogP) is 6.95. The van der Waals surface area contributed by atoms with Crippen molar-refractivity contribution in [2.24, 2.45) is 5.41 Å². The van der Waals surface area contributed by atoms with Crippen LogP contribution in [-0.4, -0.2) is 29.9 Å². The van der Waals surface area contributed by atoms with E-state index in [4.69, 9.17) is 34.8 Å². The highest BCUT2D eigenvalue weighted by atomic mass is 35.5. The molecular formula is C23H25Cl3F2N2O. The van der Waals surface area contributed by atoms with Crippen LogP contribution in [0.4, 0.5) is 13.6 Å². The number of nitrogens with zero attached hydrogens (tertiary/aromatic N) is 1. The van der Waals surface area contributed by atoms with Gasteiger partial charge in [0.15, 0.2) is 0 Å². The van der Waals surface area contributed by atoms with Crippen LogP contribution in [0.5, 0.6) is 0 Å². The Hall–Kier alpha value is -1.40.